The largest absolute Gasteiger partial charge is 0.494 e. The molecule has 0 radical (unpaired) electrons. The Morgan fingerprint density at radius 3 is 1.81 bits per heavy atom. The number of alkyl carbamates (subject to hydrolysis) is 1. The van der Waals surface area contributed by atoms with Crippen LogP contribution in [-0.2, 0) is 30.0 Å². The number of rotatable bonds is 5. The summed E-state index contributed by atoms with van der Waals surface area (Å²) in [6, 6.07) is 6.74. The molecular formula is C24H38BNO6. The number of nitrogens with one attached hydrogen (secondary N) is 1. The van der Waals surface area contributed by atoms with Crippen LogP contribution in [0.5, 0.6) is 0 Å². The number of esters is 1. The van der Waals surface area contributed by atoms with E-state index in [0.29, 0.717) is 0 Å². The van der Waals surface area contributed by atoms with Crippen LogP contribution >= 0.6 is 0 Å². The van der Waals surface area contributed by atoms with Crippen molar-refractivity contribution in [1.29, 1.82) is 0 Å². The van der Waals surface area contributed by atoms with E-state index in [1.807, 2.05) is 52.0 Å². The van der Waals surface area contributed by atoms with Crippen LogP contribution in [0.15, 0.2) is 24.3 Å². The van der Waals surface area contributed by atoms with Gasteiger partial charge in [-0.25, -0.2) is 9.59 Å². The first kappa shape index (κ1) is 26.2. The minimum absolute atomic E-state index is 0.262. The van der Waals surface area contributed by atoms with Crippen molar-refractivity contribution in [3.05, 3.63) is 29.8 Å². The van der Waals surface area contributed by atoms with E-state index in [1.54, 1.807) is 41.5 Å². The molecule has 0 bridgehead atoms. The van der Waals surface area contributed by atoms with Crippen LogP contribution < -0.4 is 10.8 Å². The van der Waals surface area contributed by atoms with E-state index in [2.05, 4.69) is 5.32 Å². The summed E-state index contributed by atoms with van der Waals surface area (Å²) in [7, 11) is -0.462. The topological polar surface area (TPSA) is 83.1 Å². The van der Waals surface area contributed by atoms with Gasteiger partial charge in [-0.05, 0) is 80.3 Å². The van der Waals surface area contributed by atoms with Crippen molar-refractivity contribution in [2.24, 2.45) is 0 Å². The molecule has 1 aliphatic heterocycles. The number of hydrogen-bond acceptors (Lipinski definition) is 6. The fourth-order valence-corrected chi connectivity index (χ4v) is 3.04. The van der Waals surface area contributed by atoms with E-state index >= 15 is 0 Å². The van der Waals surface area contributed by atoms with Gasteiger partial charge in [0.05, 0.1) is 11.2 Å². The Hall–Kier alpha value is -2.06. The zero-order valence-electron chi connectivity index (χ0n) is 21.1. The summed E-state index contributed by atoms with van der Waals surface area (Å²) in [6.07, 6.45) is -0.403. The fourth-order valence-electron chi connectivity index (χ4n) is 3.04. The van der Waals surface area contributed by atoms with Crippen molar-refractivity contribution in [2.75, 3.05) is 0 Å². The highest BCUT2D eigenvalue weighted by atomic mass is 16.7. The summed E-state index contributed by atoms with van der Waals surface area (Å²) in [5, 5.41) is 2.65. The van der Waals surface area contributed by atoms with Gasteiger partial charge in [-0.15, -0.1) is 0 Å². The van der Waals surface area contributed by atoms with Gasteiger partial charge < -0.3 is 24.1 Å². The Labute approximate surface area is 192 Å². The molecule has 2 rings (SSSR count). The van der Waals surface area contributed by atoms with Crippen molar-refractivity contribution < 1.29 is 28.4 Å². The lowest BCUT2D eigenvalue weighted by atomic mass is 9.78. The number of carbonyl (C=O) groups excluding carboxylic acids is 2. The van der Waals surface area contributed by atoms with Crippen LogP contribution in [0.1, 0.15) is 74.8 Å². The summed E-state index contributed by atoms with van der Waals surface area (Å²) >= 11 is 0. The Morgan fingerprint density at radius 1 is 0.906 bits per heavy atom. The van der Waals surface area contributed by atoms with Gasteiger partial charge in [-0.2, -0.15) is 0 Å². The molecule has 1 aromatic carbocycles. The first-order chi connectivity index (χ1) is 14.4. The van der Waals surface area contributed by atoms with Crippen molar-refractivity contribution in [3.63, 3.8) is 0 Å². The normalized spacial score (nSPS) is 18.8. The first-order valence-corrected chi connectivity index (χ1v) is 11.1. The predicted octanol–water partition coefficient (Wildman–Crippen LogP) is 3.76. The summed E-state index contributed by atoms with van der Waals surface area (Å²) < 4.78 is 23.0. The molecule has 0 saturated carbocycles. The van der Waals surface area contributed by atoms with Crippen LogP contribution in [0.25, 0.3) is 0 Å². The molecule has 1 amide bonds. The van der Waals surface area contributed by atoms with E-state index in [4.69, 9.17) is 18.8 Å². The van der Waals surface area contributed by atoms with Crippen molar-refractivity contribution in [3.8, 4) is 0 Å². The maximum atomic E-state index is 12.8. The predicted molar refractivity (Wildman–Crippen MR) is 125 cm³/mol. The minimum Gasteiger partial charge on any atom is -0.458 e. The maximum absolute atomic E-state index is 12.8. The SMILES string of the molecule is CC(C)(C)OC(=O)NC(Cc1ccc(B2OC(C)(C)C(C)(C)O2)cc1)C(=O)OC(C)(C)C. The molecule has 0 aliphatic carbocycles. The fraction of sp³-hybridized carbons (Fsp3) is 0.667. The zero-order chi connectivity index (χ0) is 24.5. The minimum atomic E-state index is -0.883. The Bertz CT molecular complexity index is 804. The van der Waals surface area contributed by atoms with Crippen LogP contribution in [0, 0.1) is 0 Å². The van der Waals surface area contributed by atoms with Crippen LogP contribution in [-0.4, -0.2) is 47.6 Å². The molecule has 1 unspecified atom stereocenters. The lowest BCUT2D eigenvalue weighted by Gasteiger charge is -2.32. The van der Waals surface area contributed by atoms with E-state index < -0.39 is 47.6 Å². The van der Waals surface area contributed by atoms with E-state index in [-0.39, 0.29) is 6.42 Å². The van der Waals surface area contributed by atoms with Gasteiger partial charge in [0.25, 0.3) is 0 Å². The second kappa shape index (κ2) is 9.06. The third-order valence-electron chi connectivity index (χ3n) is 5.33. The Morgan fingerprint density at radius 2 is 1.38 bits per heavy atom. The molecule has 1 saturated heterocycles. The van der Waals surface area contributed by atoms with Gasteiger partial charge in [-0.1, -0.05) is 24.3 Å². The van der Waals surface area contributed by atoms with E-state index in [9.17, 15) is 9.59 Å². The Balaban J connectivity index is 2.14. The van der Waals surface area contributed by atoms with Crippen molar-refractivity contribution in [1.82, 2.24) is 5.32 Å². The third-order valence-corrected chi connectivity index (χ3v) is 5.33. The smallest absolute Gasteiger partial charge is 0.458 e. The second-order valence-electron chi connectivity index (χ2n) is 11.3. The third kappa shape index (κ3) is 7.24. The quantitative estimate of drug-likeness (QED) is 0.547. The Kier molecular flexibility index (Phi) is 7.42. The molecule has 1 atom stereocenters. The lowest BCUT2D eigenvalue weighted by molar-refractivity contribution is -0.157. The first-order valence-electron chi connectivity index (χ1n) is 11.1. The number of benzene rings is 1. The molecule has 178 valence electrons. The summed E-state index contributed by atoms with van der Waals surface area (Å²) in [6.45, 7) is 18.7. The highest BCUT2D eigenvalue weighted by molar-refractivity contribution is 6.62. The molecule has 1 heterocycles. The van der Waals surface area contributed by atoms with E-state index in [0.717, 1.165) is 11.0 Å². The molecule has 1 aromatic rings. The lowest BCUT2D eigenvalue weighted by Crippen LogP contribution is -2.47. The van der Waals surface area contributed by atoms with E-state index in [1.165, 1.54) is 0 Å². The van der Waals surface area contributed by atoms with Gasteiger partial charge in [0.2, 0.25) is 0 Å². The highest BCUT2D eigenvalue weighted by Gasteiger charge is 2.51. The standard InChI is InChI=1S/C24H38BNO6/c1-21(2,3)29-19(27)18(26-20(28)30-22(4,5)6)15-16-11-13-17(14-12-16)25-31-23(7,8)24(9,10)32-25/h11-14,18H,15H2,1-10H3,(H,26,28). The zero-order valence-corrected chi connectivity index (χ0v) is 21.1. The van der Waals surface area contributed by atoms with Crippen LogP contribution in [0.2, 0.25) is 0 Å². The number of ether oxygens (including phenoxy) is 2. The molecule has 8 heteroatoms. The van der Waals surface area contributed by atoms with Crippen LogP contribution in [0.3, 0.4) is 0 Å². The summed E-state index contributed by atoms with van der Waals surface area (Å²) in [5.74, 6) is -0.515. The number of amides is 1. The molecule has 32 heavy (non-hydrogen) atoms. The molecule has 1 aliphatic rings. The van der Waals surface area contributed by atoms with Gasteiger partial charge in [-0.3, -0.25) is 0 Å². The van der Waals surface area contributed by atoms with Gasteiger partial charge in [0.1, 0.15) is 17.2 Å². The average Bonchev–Trinajstić information content (AvgIpc) is 2.79. The van der Waals surface area contributed by atoms with Gasteiger partial charge >= 0.3 is 19.2 Å². The monoisotopic (exact) mass is 447 g/mol. The molecule has 1 N–H and O–H groups in total. The van der Waals surface area contributed by atoms with Gasteiger partial charge in [0, 0.05) is 6.42 Å². The van der Waals surface area contributed by atoms with Gasteiger partial charge in [0.15, 0.2) is 0 Å². The highest BCUT2D eigenvalue weighted by Crippen LogP contribution is 2.36. The number of carbonyl (C=O) groups is 2. The molecule has 7 nitrogen and oxygen atoms in total. The average molecular weight is 447 g/mol. The summed E-state index contributed by atoms with van der Waals surface area (Å²) in [5.41, 5.74) is -0.442. The summed E-state index contributed by atoms with van der Waals surface area (Å²) in [4.78, 5) is 25.1. The van der Waals surface area contributed by atoms with Crippen molar-refractivity contribution in [2.45, 2.75) is 104 Å². The maximum Gasteiger partial charge on any atom is 0.494 e. The molecule has 0 spiro atoms. The second-order valence-corrected chi connectivity index (χ2v) is 11.3. The van der Waals surface area contributed by atoms with Crippen molar-refractivity contribution >= 4 is 24.6 Å². The molecular weight excluding hydrogens is 409 g/mol. The molecule has 0 aromatic heterocycles. The molecule has 1 fully saturated rings. The van der Waals surface area contributed by atoms with Crippen LogP contribution in [0.4, 0.5) is 4.79 Å². The number of hydrogen-bond donors (Lipinski definition) is 1.